The lowest BCUT2D eigenvalue weighted by Crippen LogP contribution is -2.38. The Morgan fingerprint density at radius 3 is 2.24 bits per heavy atom. The highest BCUT2D eigenvalue weighted by Gasteiger charge is 2.43. The third-order valence-electron chi connectivity index (χ3n) is 6.12. The van der Waals surface area contributed by atoms with Gasteiger partial charge in [0.2, 0.25) is 11.8 Å². The van der Waals surface area contributed by atoms with Crippen molar-refractivity contribution in [2.24, 2.45) is 23.2 Å². The van der Waals surface area contributed by atoms with Gasteiger partial charge in [0.15, 0.2) is 0 Å². The standard InChI is InChI=1S/C23H37NO4S/c1-15(2)20(27)17-9-7-16(8-10-17)12-24-19(26)11-18(21(24)28)29-23(5,6)13-22(3,4)14-25/h14-18H,7-13H2,1-6H3. The number of rotatable bonds is 9. The summed E-state index contributed by atoms with van der Waals surface area (Å²) in [5.41, 5.74) is -0.450. The molecular formula is C23H37NO4S. The Bertz CT molecular complexity index is 647. The molecule has 0 spiro atoms. The molecule has 1 aliphatic heterocycles. The van der Waals surface area contributed by atoms with Crippen LogP contribution in [-0.4, -0.2) is 45.3 Å². The highest BCUT2D eigenvalue weighted by molar-refractivity contribution is 8.02. The maximum absolute atomic E-state index is 12.9. The largest absolute Gasteiger partial charge is 0.303 e. The van der Waals surface area contributed by atoms with Crippen LogP contribution < -0.4 is 0 Å². The van der Waals surface area contributed by atoms with Crippen LogP contribution in [0.2, 0.25) is 0 Å². The van der Waals surface area contributed by atoms with Crippen molar-refractivity contribution >= 4 is 35.6 Å². The minimum absolute atomic E-state index is 0.0728. The van der Waals surface area contributed by atoms with Crippen LogP contribution in [-0.2, 0) is 19.2 Å². The molecule has 0 N–H and O–H groups in total. The lowest BCUT2D eigenvalue weighted by Gasteiger charge is -2.33. The quantitative estimate of drug-likeness (QED) is 0.409. The molecule has 1 saturated carbocycles. The Labute approximate surface area is 179 Å². The van der Waals surface area contributed by atoms with Crippen molar-refractivity contribution in [3.63, 3.8) is 0 Å². The van der Waals surface area contributed by atoms with Gasteiger partial charge in [-0.2, -0.15) is 0 Å². The van der Waals surface area contributed by atoms with Gasteiger partial charge < -0.3 is 4.79 Å². The monoisotopic (exact) mass is 423 g/mol. The maximum Gasteiger partial charge on any atom is 0.242 e. The van der Waals surface area contributed by atoms with Crippen LogP contribution in [0.3, 0.4) is 0 Å². The number of carbonyl (C=O) groups excluding carboxylic acids is 4. The van der Waals surface area contributed by atoms with Crippen molar-refractivity contribution in [1.82, 2.24) is 4.90 Å². The lowest BCUT2D eigenvalue weighted by molar-refractivity contribution is -0.139. The molecule has 1 saturated heterocycles. The third kappa shape index (κ3) is 6.40. The SMILES string of the molecule is CC(C)C(=O)C1CCC(CN2C(=O)CC(SC(C)(C)CC(C)(C)C=O)C2=O)CC1. The Balaban J connectivity index is 1.91. The van der Waals surface area contributed by atoms with E-state index in [0.717, 1.165) is 32.0 Å². The minimum atomic E-state index is -0.450. The Morgan fingerprint density at radius 1 is 1.14 bits per heavy atom. The number of nitrogens with zero attached hydrogens (tertiary/aromatic N) is 1. The van der Waals surface area contributed by atoms with E-state index in [9.17, 15) is 19.2 Å². The lowest BCUT2D eigenvalue weighted by atomic mass is 9.77. The summed E-state index contributed by atoms with van der Waals surface area (Å²) in [7, 11) is 0. The van der Waals surface area contributed by atoms with Crippen molar-refractivity contribution in [2.45, 2.75) is 90.1 Å². The van der Waals surface area contributed by atoms with Crippen LogP contribution in [0.4, 0.5) is 0 Å². The van der Waals surface area contributed by atoms with Gasteiger partial charge in [0.1, 0.15) is 12.1 Å². The van der Waals surface area contributed by atoms with Gasteiger partial charge in [0.05, 0.1) is 5.25 Å². The van der Waals surface area contributed by atoms with Gasteiger partial charge in [0.25, 0.3) is 0 Å². The molecule has 2 amide bonds. The molecule has 0 radical (unpaired) electrons. The van der Waals surface area contributed by atoms with Gasteiger partial charge >= 0.3 is 0 Å². The summed E-state index contributed by atoms with van der Waals surface area (Å²) >= 11 is 1.52. The van der Waals surface area contributed by atoms with E-state index in [1.807, 2.05) is 41.5 Å². The van der Waals surface area contributed by atoms with Crippen molar-refractivity contribution < 1.29 is 19.2 Å². The average molecular weight is 424 g/mol. The van der Waals surface area contributed by atoms with Gasteiger partial charge in [-0.25, -0.2) is 0 Å². The smallest absolute Gasteiger partial charge is 0.242 e. The van der Waals surface area contributed by atoms with Crippen molar-refractivity contribution in [3.05, 3.63) is 0 Å². The van der Waals surface area contributed by atoms with Crippen LogP contribution >= 0.6 is 11.8 Å². The fraction of sp³-hybridized carbons (Fsp3) is 0.826. The molecule has 2 fully saturated rings. The zero-order chi connectivity index (χ0) is 22.0. The summed E-state index contributed by atoms with van der Waals surface area (Å²) in [5.74, 6) is 0.680. The molecule has 1 unspecified atom stereocenters. The second kappa shape index (κ2) is 9.32. The molecule has 6 heteroatoms. The van der Waals surface area contributed by atoms with E-state index >= 15 is 0 Å². The second-order valence-corrected chi connectivity index (χ2v) is 12.4. The molecule has 0 aromatic heterocycles. The highest BCUT2D eigenvalue weighted by Crippen LogP contribution is 2.42. The number of thioether (sulfide) groups is 1. The van der Waals surface area contributed by atoms with Crippen LogP contribution in [0.15, 0.2) is 0 Å². The van der Waals surface area contributed by atoms with E-state index in [1.165, 1.54) is 16.7 Å². The number of amides is 2. The molecule has 1 atom stereocenters. The van der Waals surface area contributed by atoms with Crippen LogP contribution in [0.5, 0.6) is 0 Å². The van der Waals surface area contributed by atoms with E-state index in [-0.39, 0.29) is 40.1 Å². The van der Waals surface area contributed by atoms with E-state index in [2.05, 4.69) is 0 Å². The molecule has 0 bridgehead atoms. The van der Waals surface area contributed by atoms with Gasteiger partial charge in [-0.15, -0.1) is 11.8 Å². The predicted octanol–water partition coefficient (Wildman–Crippen LogP) is 4.27. The zero-order valence-electron chi connectivity index (χ0n) is 18.8. The first kappa shape index (κ1) is 24.1. The molecule has 29 heavy (non-hydrogen) atoms. The Morgan fingerprint density at radius 2 is 1.72 bits per heavy atom. The molecule has 5 nitrogen and oxygen atoms in total. The van der Waals surface area contributed by atoms with Gasteiger partial charge in [-0.1, -0.05) is 41.5 Å². The van der Waals surface area contributed by atoms with Gasteiger partial charge in [-0.3, -0.25) is 19.3 Å². The summed E-state index contributed by atoms with van der Waals surface area (Å²) < 4.78 is -0.268. The number of carbonyl (C=O) groups is 4. The van der Waals surface area contributed by atoms with Crippen LogP contribution in [0, 0.1) is 23.2 Å². The van der Waals surface area contributed by atoms with Crippen molar-refractivity contribution in [2.75, 3.05) is 6.54 Å². The first-order valence-electron chi connectivity index (χ1n) is 10.9. The fourth-order valence-electron chi connectivity index (χ4n) is 4.86. The van der Waals surface area contributed by atoms with E-state index < -0.39 is 5.41 Å². The highest BCUT2D eigenvalue weighted by atomic mass is 32.2. The van der Waals surface area contributed by atoms with Crippen molar-refractivity contribution in [1.29, 1.82) is 0 Å². The first-order valence-corrected chi connectivity index (χ1v) is 11.8. The van der Waals surface area contributed by atoms with E-state index in [4.69, 9.17) is 0 Å². The summed E-state index contributed by atoms with van der Waals surface area (Å²) in [6.45, 7) is 12.3. The summed E-state index contributed by atoms with van der Waals surface area (Å²) in [4.78, 5) is 50.4. The summed E-state index contributed by atoms with van der Waals surface area (Å²) in [6, 6.07) is 0. The van der Waals surface area contributed by atoms with E-state index in [0.29, 0.717) is 24.7 Å². The zero-order valence-corrected chi connectivity index (χ0v) is 19.6. The van der Waals surface area contributed by atoms with Crippen LogP contribution in [0.1, 0.15) is 80.1 Å². The Hall–Kier alpha value is -1.17. The molecule has 2 aliphatic rings. The molecule has 164 valence electrons. The summed E-state index contributed by atoms with van der Waals surface area (Å²) in [5, 5.41) is -0.362. The number of Topliss-reactive ketones (excluding diaryl/α,β-unsaturated/α-hetero) is 1. The van der Waals surface area contributed by atoms with Gasteiger partial charge in [-0.05, 0) is 38.0 Å². The number of hydrogen-bond donors (Lipinski definition) is 0. The fourth-order valence-corrected chi connectivity index (χ4v) is 6.54. The summed E-state index contributed by atoms with van der Waals surface area (Å²) in [6.07, 6.45) is 5.39. The van der Waals surface area contributed by atoms with E-state index in [1.54, 1.807) is 0 Å². The topological polar surface area (TPSA) is 71.5 Å². The maximum atomic E-state index is 12.9. The average Bonchev–Trinajstić information content (AvgIpc) is 2.87. The molecule has 0 aromatic carbocycles. The first-order chi connectivity index (χ1) is 13.3. The number of hydrogen-bond acceptors (Lipinski definition) is 5. The number of aldehydes is 1. The predicted molar refractivity (Wildman–Crippen MR) is 117 cm³/mol. The molecule has 0 aromatic rings. The minimum Gasteiger partial charge on any atom is -0.303 e. The molecular weight excluding hydrogens is 386 g/mol. The third-order valence-corrected chi connectivity index (χ3v) is 7.56. The number of imide groups is 1. The molecule has 1 aliphatic carbocycles. The molecule has 1 heterocycles. The number of ketones is 1. The normalized spacial score (nSPS) is 26.3. The van der Waals surface area contributed by atoms with Gasteiger partial charge in [0, 0.05) is 35.0 Å². The second-order valence-electron chi connectivity index (χ2n) is 10.5. The number of likely N-dealkylation sites (tertiary alicyclic amines) is 1. The Kier molecular flexibility index (Phi) is 7.74. The molecule has 2 rings (SSSR count). The van der Waals surface area contributed by atoms with Crippen molar-refractivity contribution in [3.8, 4) is 0 Å². The van der Waals surface area contributed by atoms with Crippen LogP contribution in [0.25, 0.3) is 0 Å².